The van der Waals surface area contributed by atoms with Crippen molar-refractivity contribution in [3.8, 4) is 5.75 Å². The minimum Gasteiger partial charge on any atom is -0.486 e. The molecule has 4 heteroatoms. The van der Waals surface area contributed by atoms with Gasteiger partial charge in [-0.3, -0.25) is 4.99 Å². The van der Waals surface area contributed by atoms with E-state index in [1.54, 1.807) is 12.1 Å². The zero-order chi connectivity index (χ0) is 18.1. The Balaban J connectivity index is 1.95. The Kier molecular flexibility index (Phi) is 7.20. The molecule has 2 rings (SSSR count). The lowest BCUT2D eigenvalue weighted by Gasteiger charge is -2.18. The number of hydrogen-bond acceptors (Lipinski definition) is 3. The molecule has 3 nitrogen and oxygen atoms in total. The van der Waals surface area contributed by atoms with Gasteiger partial charge in [0.1, 0.15) is 24.0 Å². The Bertz CT molecular complexity index is 686. The van der Waals surface area contributed by atoms with Crippen LogP contribution in [0, 0.1) is 5.82 Å². The topological polar surface area (TPSA) is 33.6 Å². The third-order valence-electron chi connectivity index (χ3n) is 3.81. The van der Waals surface area contributed by atoms with Crippen LogP contribution in [0.3, 0.4) is 0 Å². The number of amidine groups is 1. The van der Waals surface area contributed by atoms with Crippen LogP contribution in [0.1, 0.15) is 20.3 Å². The second kappa shape index (κ2) is 9.62. The van der Waals surface area contributed by atoms with Crippen molar-refractivity contribution in [3.05, 3.63) is 78.7 Å². The Morgan fingerprint density at radius 2 is 2.00 bits per heavy atom. The zero-order valence-corrected chi connectivity index (χ0v) is 14.8. The highest BCUT2D eigenvalue weighted by molar-refractivity contribution is 5.86. The lowest BCUT2D eigenvalue weighted by Crippen LogP contribution is -2.37. The summed E-state index contributed by atoms with van der Waals surface area (Å²) in [4.78, 5) is 4.68. The van der Waals surface area contributed by atoms with E-state index in [9.17, 15) is 4.39 Å². The van der Waals surface area contributed by atoms with E-state index in [1.165, 1.54) is 12.1 Å². The fraction of sp³-hybridized carbons (Fsp3) is 0.286. The smallest absolute Gasteiger partial charge is 0.145 e. The SMILES string of the molecule is C=C(CC=C/C=C\C)[C@H]1NC(COc2ccc(F)cc2)=N[C@H]1/C=C/C. The molecule has 0 aromatic heterocycles. The Hall–Kier alpha value is -2.62. The fourth-order valence-electron chi connectivity index (χ4n) is 2.55. The van der Waals surface area contributed by atoms with Crippen molar-refractivity contribution >= 4 is 5.84 Å². The third kappa shape index (κ3) is 5.75. The van der Waals surface area contributed by atoms with Gasteiger partial charge in [-0.2, -0.15) is 0 Å². The van der Waals surface area contributed by atoms with E-state index in [4.69, 9.17) is 4.74 Å². The average Bonchev–Trinajstić information content (AvgIpc) is 3.01. The Morgan fingerprint density at radius 3 is 2.68 bits per heavy atom. The van der Waals surface area contributed by atoms with Crippen LogP contribution in [-0.4, -0.2) is 24.5 Å². The second-order valence-corrected chi connectivity index (χ2v) is 5.77. The summed E-state index contributed by atoms with van der Waals surface area (Å²) in [7, 11) is 0. The summed E-state index contributed by atoms with van der Waals surface area (Å²) in [5, 5.41) is 3.40. The highest BCUT2D eigenvalue weighted by atomic mass is 19.1. The number of aliphatic imine (C=N–C) groups is 1. The maximum atomic E-state index is 12.9. The first-order chi connectivity index (χ1) is 12.1. The molecule has 1 aromatic carbocycles. The number of hydrogen-bond donors (Lipinski definition) is 1. The average molecular weight is 340 g/mol. The number of rotatable bonds is 8. The Labute approximate surface area is 149 Å². The van der Waals surface area contributed by atoms with Crippen LogP contribution in [0.15, 0.2) is 77.9 Å². The number of ether oxygens (including phenoxy) is 1. The lowest BCUT2D eigenvalue weighted by atomic mass is 9.99. The molecule has 0 aliphatic carbocycles. The van der Waals surface area contributed by atoms with Crippen molar-refractivity contribution < 1.29 is 9.13 Å². The molecule has 0 fully saturated rings. The van der Waals surface area contributed by atoms with Crippen molar-refractivity contribution in [2.24, 2.45) is 4.99 Å². The van der Waals surface area contributed by atoms with Crippen LogP contribution in [-0.2, 0) is 0 Å². The summed E-state index contributed by atoms with van der Waals surface area (Å²) in [6.45, 7) is 8.49. The fourth-order valence-corrected chi connectivity index (χ4v) is 2.55. The van der Waals surface area contributed by atoms with Crippen LogP contribution < -0.4 is 10.1 Å². The molecule has 1 aromatic rings. The standard InChI is InChI=1S/C21H25FN2O/c1-4-6-7-8-10-16(3)21-19(9-5-2)23-20(24-21)15-25-18-13-11-17(22)12-14-18/h4-9,11-14,19,21H,3,10,15H2,1-2H3,(H,23,24)/b6-4-,8-7?,9-5+/t19-,21+/m0/s1. The predicted octanol–water partition coefficient (Wildman–Crippen LogP) is 4.60. The van der Waals surface area contributed by atoms with Crippen LogP contribution in [0.25, 0.3) is 0 Å². The Morgan fingerprint density at radius 1 is 1.24 bits per heavy atom. The normalized spacial score (nSPS) is 20.4. The number of allylic oxidation sites excluding steroid dienone is 5. The minimum atomic E-state index is -0.279. The molecule has 0 bridgehead atoms. The first kappa shape index (κ1) is 18.7. The molecule has 0 spiro atoms. The predicted molar refractivity (Wildman–Crippen MR) is 103 cm³/mol. The van der Waals surface area contributed by atoms with Gasteiger partial charge < -0.3 is 10.1 Å². The van der Waals surface area contributed by atoms with Gasteiger partial charge in [-0.25, -0.2) is 4.39 Å². The summed E-state index contributed by atoms with van der Waals surface area (Å²) < 4.78 is 18.6. The number of nitrogens with one attached hydrogen (secondary N) is 1. The van der Waals surface area contributed by atoms with Crippen molar-refractivity contribution in [1.82, 2.24) is 5.32 Å². The summed E-state index contributed by atoms with van der Waals surface area (Å²) in [6, 6.07) is 6.04. The van der Waals surface area contributed by atoms with E-state index >= 15 is 0 Å². The van der Waals surface area contributed by atoms with Gasteiger partial charge in [0, 0.05) is 0 Å². The van der Waals surface area contributed by atoms with Crippen molar-refractivity contribution in [2.45, 2.75) is 32.4 Å². The van der Waals surface area contributed by atoms with E-state index < -0.39 is 0 Å². The quantitative estimate of drug-likeness (QED) is 0.554. The molecule has 0 unspecified atom stereocenters. The van der Waals surface area contributed by atoms with Gasteiger partial charge in [0.25, 0.3) is 0 Å². The molecule has 1 heterocycles. The molecular formula is C21H25FN2O. The van der Waals surface area contributed by atoms with Gasteiger partial charge in [-0.15, -0.1) is 0 Å². The van der Waals surface area contributed by atoms with Crippen molar-refractivity contribution in [2.75, 3.05) is 6.61 Å². The third-order valence-corrected chi connectivity index (χ3v) is 3.81. The largest absolute Gasteiger partial charge is 0.486 e. The summed E-state index contributed by atoms with van der Waals surface area (Å²) in [6.07, 6.45) is 12.9. The second-order valence-electron chi connectivity index (χ2n) is 5.77. The number of nitrogens with zero attached hydrogens (tertiary/aromatic N) is 1. The molecule has 0 saturated carbocycles. The van der Waals surface area contributed by atoms with Gasteiger partial charge in [-0.1, -0.05) is 43.0 Å². The van der Waals surface area contributed by atoms with Gasteiger partial charge in [-0.05, 0) is 50.1 Å². The summed E-state index contributed by atoms with van der Waals surface area (Å²) in [5.74, 6) is 1.11. The molecule has 25 heavy (non-hydrogen) atoms. The molecule has 0 radical (unpaired) electrons. The number of halogens is 1. The zero-order valence-electron chi connectivity index (χ0n) is 14.8. The van der Waals surface area contributed by atoms with Crippen LogP contribution in [0.5, 0.6) is 5.75 Å². The molecule has 0 saturated heterocycles. The first-order valence-electron chi connectivity index (χ1n) is 8.44. The molecule has 0 amide bonds. The molecule has 1 N–H and O–H groups in total. The maximum absolute atomic E-state index is 12.9. The summed E-state index contributed by atoms with van der Waals surface area (Å²) in [5.41, 5.74) is 1.07. The van der Waals surface area contributed by atoms with Crippen molar-refractivity contribution in [1.29, 1.82) is 0 Å². The van der Waals surface area contributed by atoms with E-state index in [2.05, 4.69) is 29.0 Å². The van der Waals surface area contributed by atoms with E-state index in [0.717, 1.165) is 17.8 Å². The highest BCUT2D eigenvalue weighted by Gasteiger charge is 2.28. The van der Waals surface area contributed by atoms with Crippen molar-refractivity contribution in [3.63, 3.8) is 0 Å². The van der Waals surface area contributed by atoms with E-state index in [-0.39, 0.29) is 17.9 Å². The van der Waals surface area contributed by atoms with Gasteiger partial charge >= 0.3 is 0 Å². The van der Waals surface area contributed by atoms with E-state index in [1.807, 2.05) is 38.2 Å². The highest BCUT2D eigenvalue weighted by Crippen LogP contribution is 2.19. The number of benzene rings is 1. The first-order valence-corrected chi connectivity index (χ1v) is 8.44. The maximum Gasteiger partial charge on any atom is 0.145 e. The van der Waals surface area contributed by atoms with E-state index in [0.29, 0.717) is 12.4 Å². The van der Waals surface area contributed by atoms with Crippen LogP contribution >= 0.6 is 0 Å². The lowest BCUT2D eigenvalue weighted by molar-refractivity contribution is 0.372. The molecule has 2 atom stereocenters. The molecule has 132 valence electrons. The molecule has 1 aliphatic heterocycles. The molecule has 1 aliphatic rings. The molecular weight excluding hydrogens is 315 g/mol. The van der Waals surface area contributed by atoms with Crippen LogP contribution in [0.4, 0.5) is 4.39 Å². The summed E-state index contributed by atoms with van der Waals surface area (Å²) >= 11 is 0. The van der Waals surface area contributed by atoms with Gasteiger partial charge in [0.2, 0.25) is 0 Å². The van der Waals surface area contributed by atoms with Crippen LogP contribution in [0.2, 0.25) is 0 Å². The van der Waals surface area contributed by atoms with Gasteiger partial charge in [0.05, 0.1) is 12.1 Å². The van der Waals surface area contributed by atoms with Gasteiger partial charge in [0.15, 0.2) is 0 Å². The minimum absolute atomic E-state index is 0.0134. The monoisotopic (exact) mass is 340 g/mol.